The van der Waals surface area contributed by atoms with Crippen molar-refractivity contribution in [3.8, 4) is 11.5 Å². The Hall–Kier alpha value is -2.29. The summed E-state index contributed by atoms with van der Waals surface area (Å²) in [5.74, 6) is 1.55. The average molecular weight is 420 g/mol. The standard InChI is InChI=1S/C20H29N5O3S/c1-13(2)28-17-10-9-15(11-18(17)27-4)14(3)21-19(26)12-29-20-22-23-24-25(20)16-7-5-6-8-16/h9-11,13-14,16H,5-8,12H2,1-4H3,(H,21,26). The summed E-state index contributed by atoms with van der Waals surface area (Å²) >= 11 is 1.37. The minimum Gasteiger partial charge on any atom is -0.493 e. The third kappa shape index (κ3) is 5.62. The van der Waals surface area contributed by atoms with E-state index in [0.717, 1.165) is 18.4 Å². The van der Waals surface area contributed by atoms with Gasteiger partial charge in [-0.15, -0.1) is 5.10 Å². The lowest BCUT2D eigenvalue weighted by atomic mass is 10.1. The zero-order chi connectivity index (χ0) is 20.8. The molecule has 9 heteroatoms. The lowest BCUT2D eigenvalue weighted by Crippen LogP contribution is -2.28. The number of tetrazole rings is 1. The van der Waals surface area contributed by atoms with Gasteiger partial charge in [-0.25, -0.2) is 4.68 Å². The third-order valence-electron chi connectivity index (χ3n) is 4.89. The second-order valence-electron chi connectivity index (χ2n) is 7.50. The highest BCUT2D eigenvalue weighted by Gasteiger charge is 2.22. The van der Waals surface area contributed by atoms with Crippen molar-refractivity contribution in [1.29, 1.82) is 0 Å². The van der Waals surface area contributed by atoms with Gasteiger partial charge in [0.15, 0.2) is 11.5 Å². The maximum atomic E-state index is 12.5. The van der Waals surface area contributed by atoms with Crippen LogP contribution in [0.5, 0.6) is 11.5 Å². The monoisotopic (exact) mass is 419 g/mol. The van der Waals surface area contributed by atoms with Crippen LogP contribution in [0.3, 0.4) is 0 Å². The first-order valence-corrected chi connectivity index (χ1v) is 11.0. The van der Waals surface area contributed by atoms with E-state index in [4.69, 9.17) is 9.47 Å². The van der Waals surface area contributed by atoms with E-state index in [9.17, 15) is 4.79 Å². The van der Waals surface area contributed by atoms with Crippen molar-refractivity contribution >= 4 is 17.7 Å². The second kappa shape index (κ2) is 9.96. The van der Waals surface area contributed by atoms with Crippen LogP contribution in [0.25, 0.3) is 0 Å². The number of nitrogens with one attached hydrogen (secondary N) is 1. The number of carbonyl (C=O) groups is 1. The van der Waals surface area contributed by atoms with Crippen molar-refractivity contribution < 1.29 is 14.3 Å². The van der Waals surface area contributed by atoms with Gasteiger partial charge in [-0.3, -0.25) is 4.79 Å². The highest BCUT2D eigenvalue weighted by Crippen LogP contribution is 2.32. The van der Waals surface area contributed by atoms with E-state index in [1.54, 1.807) is 7.11 Å². The maximum Gasteiger partial charge on any atom is 0.230 e. The van der Waals surface area contributed by atoms with Gasteiger partial charge in [-0.1, -0.05) is 30.7 Å². The fraction of sp³-hybridized carbons (Fsp3) is 0.600. The molecular weight excluding hydrogens is 390 g/mol. The van der Waals surface area contributed by atoms with Crippen LogP contribution in [0, 0.1) is 0 Å². The lowest BCUT2D eigenvalue weighted by Gasteiger charge is -2.18. The number of nitrogens with zero attached hydrogens (tertiary/aromatic N) is 4. The first-order chi connectivity index (χ1) is 14.0. The topological polar surface area (TPSA) is 91.2 Å². The predicted molar refractivity (Wildman–Crippen MR) is 111 cm³/mol. The number of ether oxygens (including phenoxy) is 2. The molecule has 1 unspecified atom stereocenters. The molecule has 1 aliphatic carbocycles. The van der Waals surface area contributed by atoms with Gasteiger partial charge in [0.05, 0.1) is 31.1 Å². The lowest BCUT2D eigenvalue weighted by molar-refractivity contribution is -0.119. The molecule has 0 radical (unpaired) electrons. The number of methoxy groups -OCH3 is 1. The Morgan fingerprint density at radius 2 is 2.03 bits per heavy atom. The SMILES string of the molecule is COc1cc(C(C)NC(=O)CSc2nnnn2C2CCCC2)ccc1OC(C)C. The van der Waals surface area contributed by atoms with Gasteiger partial charge in [-0.2, -0.15) is 0 Å². The summed E-state index contributed by atoms with van der Waals surface area (Å²) in [4.78, 5) is 12.5. The molecule has 158 valence electrons. The molecule has 0 bridgehead atoms. The number of hydrogen-bond donors (Lipinski definition) is 1. The van der Waals surface area contributed by atoms with Crippen LogP contribution in [0.1, 0.15) is 64.1 Å². The Balaban J connectivity index is 1.56. The van der Waals surface area contributed by atoms with Gasteiger partial charge in [-0.05, 0) is 61.7 Å². The molecule has 3 rings (SSSR count). The van der Waals surface area contributed by atoms with E-state index < -0.39 is 0 Å². The number of amides is 1. The van der Waals surface area contributed by atoms with Crippen LogP contribution in [0.4, 0.5) is 0 Å². The molecule has 1 saturated carbocycles. The first-order valence-electron chi connectivity index (χ1n) is 10.0. The summed E-state index contributed by atoms with van der Waals surface area (Å²) in [7, 11) is 1.61. The van der Waals surface area contributed by atoms with E-state index in [2.05, 4.69) is 20.8 Å². The summed E-state index contributed by atoms with van der Waals surface area (Å²) < 4.78 is 13.0. The molecule has 1 aromatic carbocycles. The van der Waals surface area contributed by atoms with Crippen molar-refractivity contribution in [2.24, 2.45) is 0 Å². The molecule has 1 atom stereocenters. The van der Waals surface area contributed by atoms with Crippen LogP contribution < -0.4 is 14.8 Å². The minimum atomic E-state index is -0.157. The number of thioether (sulfide) groups is 1. The van der Waals surface area contributed by atoms with Gasteiger partial charge in [0, 0.05) is 0 Å². The Kier molecular flexibility index (Phi) is 7.35. The van der Waals surface area contributed by atoms with Crippen LogP contribution in [-0.2, 0) is 4.79 Å². The number of hydrogen-bond acceptors (Lipinski definition) is 7. The summed E-state index contributed by atoms with van der Waals surface area (Å²) in [5, 5.41) is 15.7. The molecule has 29 heavy (non-hydrogen) atoms. The Labute approximate surface area is 175 Å². The zero-order valence-corrected chi connectivity index (χ0v) is 18.2. The number of carbonyl (C=O) groups excluding carboxylic acids is 1. The van der Waals surface area contributed by atoms with Crippen LogP contribution in [0.15, 0.2) is 23.4 Å². The molecule has 2 aromatic rings. The van der Waals surface area contributed by atoms with Crippen molar-refractivity contribution in [3.05, 3.63) is 23.8 Å². The van der Waals surface area contributed by atoms with Gasteiger partial charge < -0.3 is 14.8 Å². The fourth-order valence-electron chi connectivity index (χ4n) is 3.46. The van der Waals surface area contributed by atoms with E-state index in [1.807, 2.05) is 43.7 Å². The fourth-order valence-corrected chi connectivity index (χ4v) is 4.22. The molecule has 0 spiro atoms. The first kappa shape index (κ1) is 21.4. The largest absolute Gasteiger partial charge is 0.493 e. The molecule has 1 N–H and O–H groups in total. The van der Waals surface area contributed by atoms with Crippen molar-refractivity contribution in [2.45, 2.75) is 69.8 Å². The van der Waals surface area contributed by atoms with Gasteiger partial charge in [0.2, 0.25) is 11.1 Å². The van der Waals surface area contributed by atoms with Gasteiger partial charge in [0.1, 0.15) is 0 Å². The third-order valence-corrected chi connectivity index (χ3v) is 5.83. The predicted octanol–water partition coefficient (Wildman–Crippen LogP) is 3.55. The highest BCUT2D eigenvalue weighted by atomic mass is 32.2. The average Bonchev–Trinajstić information content (AvgIpc) is 3.37. The molecule has 1 amide bonds. The molecule has 1 fully saturated rings. The molecule has 0 aliphatic heterocycles. The van der Waals surface area contributed by atoms with E-state index >= 15 is 0 Å². The number of rotatable bonds is 9. The Bertz CT molecular complexity index is 820. The van der Waals surface area contributed by atoms with Gasteiger partial charge in [0.25, 0.3) is 0 Å². The maximum absolute atomic E-state index is 12.5. The van der Waals surface area contributed by atoms with Crippen LogP contribution in [0.2, 0.25) is 0 Å². The van der Waals surface area contributed by atoms with E-state index in [-0.39, 0.29) is 23.8 Å². The number of benzene rings is 1. The van der Waals surface area contributed by atoms with Crippen molar-refractivity contribution in [3.63, 3.8) is 0 Å². The smallest absolute Gasteiger partial charge is 0.230 e. The number of aromatic nitrogens is 4. The Morgan fingerprint density at radius 1 is 1.28 bits per heavy atom. The quantitative estimate of drug-likeness (QED) is 0.622. The van der Waals surface area contributed by atoms with E-state index in [0.29, 0.717) is 22.7 Å². The molecule has 8 nitrogen and oxygen atoms in total. The van der Waals surface area contributed by atoms with Crippen molar-refractivity contribution in [1.82, 2.24) is 25.5 Å². The Morgan fingerprint density at radius 3 is 2.72 bits per heavy atom. The second-order valence-corrected chi connectivity index (χ2v) is 8.44. The van der Waals surface area contributed by atoms with Crippen molar-refractivity contribution in [2.75, 3.05) is 12.9 Å². The molecule has 1 aliphatic rings. The molecule has 1 heterocycles. The van der Waals surface area contributed by atoms with Crippen LogP contribution >= 0.6 is 11.8 Å². The molecule has 0 saturated heterocycles. The summed E-state index contributed by atoms with van der Waals surface area (Å²) in [6.07, 6.45) is 4.67. The summed E-state index contributed by atoms with van der Waals surface area (Å²) in [5.41, 5.74) is 0.951. The van der Waals surface area contributed by atoms with Crippen LogP contribution in [-0.4, -0.2) is 45.1 Å². The molecular formula is C20H29N5O3S. The summed E-state index contributed by atoms with van der Waals surface area (Å²) in [6.45, 7) is 5.89. The molecule has 1 aromatic heterocycles. The minimum absolute atomic E-state index is 0.0599. The summed E-state index contributed by atoms with van der Waals surface area (Å²) in [6, 6.07) is 5.92. The van der Waals surface area contributed by atoms with Gasteiger partial charge >= 0.3 is 0 Å². The zero-order valence-electron chi connectivity index (χ0n) is 17.4. The van der Waals surface area contributed by atoms with E-state index in [1.165, 1.54) is 24.6 Å². The highest BCUT2D eigenvalue weighted by molar-refractivity contribution is 7.99. The normalized spacial score (nSPS) is 15.5.